The van der Waals surface area contributed by atoms with E-state index in [9.17, 15) is 13.9 Å². The smallest absolute Gasteiger partial charge is 0.217 e. The first-order chi connectivity index (χ1) is 7.83. The second kappa shape index (κ2) is 26.9. The standard InChI is InChI=1S/C4H10NO3P.C4H12NO2P.2CH3.2Y/c1-4(6)5-3-9(7)8-2;1-5(2)4-8(6)7-3;;;;/h9H,3H2,1-2H3,(H,5,6);8H,4H2,1-3H3;2*1H3;;/q;;2*-1;;. The zero-order valence-corrected chi connectivity index (χ0v) is 21.7. The van der Waals surface area contributed by atoms with Crippen LogP contribution in [0, 0.1) is 14.9 Å². The van der Waals surface area contributed by atoms with Gasteiger partial charge < -0.3 is 34.1 Å². The molecule has 0 aliphatic carbocycles. The Morgan fingerprint density at radius 2 is 1.43 bits per heavy atom. The fraction of sp³-hybridized carbons (Fsp3) is 0.700. The van der Waals surface area contributed by atoms with E-state index in [1.807, 2.05) is 19.0 Å². The molecular formula is C10H28N2O5P2Y2-2. The number of carbonyl (C=O) groups is 1. The molecule has 126 valence electrons. The predicted molar refractivity (Wildman–Crippen MR) is 82.1 cm³/mol. The van der Waals surface area contributed by atoms with Crippen molar-refractivity contribution < 1.29 is 88.4 Å². The van der Waals surface area contributed by atoms with Gasteiger partial charge in [0.2, 0.25) is 22.0 Å². The van der Waals surface area contributed by atoms with E-state index in [0.717, 1.165) is 0 Å². The Labute approximate surface area is 181 Å². The van der Waals surface area contributed by atoms with Crippen LogP contribution in [-0.4, -0.2) is 51.7 Å². The van der Waals surface area contributed by atoms with E-state index in [0.29, 0.717) is 6.29 Å². The van der Waals surface area contributed by atoms with Crippen molar-refractivity contribution >= 4 is 22.0 Å². The molecule has 0 saturated carbocycles. The van der Waals surface area contributed by atoms with Crippen molar-refractivity contribution in [1.82, 2.24) is 10.2 Å². The van der Waals surface area contributed by atoms with E-state index in [2.05, 4.69) is 14.4 Å². The van der Waals surface area contributed by atoms with Crippen LogP contribution in [-0.2, 0) is 88.4 Å². The van der Waals surface area contributed by atoms with Crippen molar-refractivity contribution in [2.24, 2.45) is 0 Å². The van der Waals surface area contributed by atoms with Crippen molar-refractivity contribution in [2.75, 3.05) is 40.9 Å². The molecule has 11 heteroatoms. The molecule has 0 aromatic heterocycles. The molecule has 0 spiro atoms. The summed E-state index contributed by atoms with van der Waals surface area (Å²) in [6.45, 7) is 1.37. The fourth-order valence-electron chi connectivity index (χ4n) is 0.592. The van der Waals surface area contributed by atoms with Crippen LogP contribution in [0.1, 0.15) is 6.92 Å². The molecule has 0 aromatic rings. The zero-order chi connectivity index (χ0) is 13.8. The summed E-state index contributed by atoms with van der Waals surface area (Å²) in [5.74, 6) is -0.189. The maximum Gasteiger partial charge on any atom is 0.217 e. The topological polar surface area (TPSA) is 84.9 Å². The van der Waals surface area contributed by atoms with Gasteiger partial charge in [-0.3, -0.25) is 13.9 Å². The molecule has 0 saturated heterocycles. The van der Waals surface area contributed by atoms with Gasteiger partial charge >= 0.3 is 0 Å². The summed E-state index contributed by atoms with van der Waals surface area (Å²) >= 11 is 0. The van der Waals surface area contributed by atoms with Gasteiger partial charge in [0.15, 0.2) is 0 Å². The molecule has 1 N–H and O–H groups in total. The second-order valence-electron chi connectivity index (χ2n) is 3.30. The van der Waals surface area contributed by atoms with Crippen LogP contribution in [0.15, 0.2) is 0 Å². The molecule has 0 aliphatic heterocycles. The largest absolute Gasteiger partial charge is 0.358 e. The Balaban J connectivity index is -0.0000000452. The van der Waals surface area contributed by atoms with Crippen LogP contribution in [0.2, 0.25) is 0 Å². The number of amides is 1. The zero-order valence-electron chi connectivity index (χ0n) is 14.1. The summed E-state index contributed by atoms with van der Waals surface area (Å²) in [5.41, 5.74) is 0. The number of rotatable bonds is 6. The molecule has 0 bridgehead atoms. The Morgan fingerprint density at radius 3 is 1.62 bits per heavy atom. The van der Waals surface area contributed by atoms with Gasteiger partial charge in [-0.05, 0) is 14.1 Å². The maximum atomic E-state index is 10.5. The van der Waals surface area contributed by atoms with Gasteiger partial charge in [-0.25, -0.2) is 0 Å². The molecule has 2 unspecified atom stereocenters. The minimum atomic E-state index is -2.01. The summed E-state index contributed by atoms with van der Waals surface area (Å²) in [4.78, 5) is 12.0. The van der Waals surface area contributed by atoms with Crippen LogP contribution in [0.5, 0.6) is 0 Å². The molecular weight excluding hydrogens is 468 g/mol. The molecule has 0 fully saturated rings. The van der Waals surface area contributed by atoms with E-state index in [4.69, 9.17) is 0 Å². The minimum Gasteiger partial charge on any atom is -0.358 e. The maximum absolute atomic E-state index is 10.5. The number of nitrogens with one attached hydrogen (secondary N) is 1. The summed E-state index contributed by atoms with van der Waals surface area (Å²) in [7, 11) is 2.78. The van der Waals surface area contributed by atoms with E-state index in [1.165, 1.54) is 21.1 Å². The van der Waals surface area contributed by atoms with Crippen molar-refractivity contribution in [3.05, 3.63) is 14.9 Å². The minimum absolute atomic E-state index is 0. The van der Waals surface area contributed by atoms with Crippen LogP contribution < -0.4 is 5.32 Å². The van der Waals surface area contributed by atoms with Crippen LogP contribution in [0.25, 0.3) is 0 Å². The van der Waals surface area contributed by atoms with Crippen LogP contribution in [0.3, 0.4) is 0 Å². The van der Waals surface area contributed by atoms with E-state index in [-0.39, 0.29) is 92.5 Å². The molecule has 21 heavy (non-hydrogen) atoms. The van der Waals surface area contributed by atoms with Crippen molar-refractivity contribution in [3.8, 4) is 0 Å². The van der Waals surface area contributed by atoms with Gasteiger partial charge in [-0.1, -0.05) is 0 Å². The third-order valence-electron chi connectivity index (χ3n) is 1.38. The first kappa shape index (κ1) is 38.5. The summed E-state index contributed by atoms with van der Waals surface area (Å²) < 4.78 is 30.0. The number of nitrogens with zero attached hydrogens (tertiary/aromatic N) is 1. The SMILES string of the molecule is CO[PH](=O)CN(C)C.CO[PH](=O)CNC(C)=O.[CH3-].[CH3-].[Y].[Y]. The first-order valence-electron chi connectivity index (χ1n) is 4.86. The Bertz CT molecular complexity index is 272. The summed E-state index contributed by atoms with van der Waals surface area (Å²) in [6, 6.07) is 0. The van der Waals surface area contributed by atoms with Gasteiger partial charge in [0.1, 0.15) is 0 Å². The summed E-state index contributed by atoms with van der Waals surface area (Å²) in [5, 5.41) is 2.37. The van der Waals surface area contributed by atoms with Gasteiger partial charge in [0.25, 0.3) is 0 Å². The Kier molecular flexibility index (Phi) is 49.3. The monoisotopic (exact) mass is 496 g/mol. The van der Waals surface area contributed by atoms with Crippen molar-refractivity contribution in [1.29, 1.82) is 0 Å². The average Bonchev–Trinajstić information content (AvgIpc) is 2.25. The average molecular weight is 496 g/mol. The van der Waals surface area contributed by atoms with E-state index >= 15 is 0 Å². The van der Waals surface area contributed by atoms with Crippen molar-refractivity contribution in [2.45, 2.75) is 6.92 Å². The number of hydrogen-bond donors (Lipinski definition) is 1. The molecule has 2 radical (unpaired) electrons. The fourth-order valence-corrected chi connectivity index (χ4v) is 1.77. The normalized spacial score (nSPS) is 11.0. The first-order valence-corrected chi connectivity index (χ1v) is 7.91. The third-order valence-corrected chi connectivity index (χ3v) is 3.65. The molecule has 1 amide bonds. The quantitative estimate of drug-likeness (QED) is 0.446. The number of hydrogen-bond acceptors (Lipinski definition) is 6. The van der Waals surface area contributed by atoms with Gasteiger partial charge in [0, 0.05) is 86.6 Å². The molecule has 0 aromatic carbocycles. The van der Waals surface area contributed by atoms with Crippen LogP contribution in [0.4, 0.5) is 0 Å². The molecule has 0 aliphatic rings. The Hall–Kier alpha value is 2.02. The predicted octanol–water partition coefficient (Wildman–Crippen LogP) is 1.72. The van der Waals surface area contributed by atoms with E-state index in [1.54, 1.807) is 0 Å². The third kappa shape index (κ3) is 39.1. The van der Waals surface area contributed by atoms with Crippen molar-refractivity contribution in [3.63, 3.8) is 0 Å². The molecule has 2 atom stereocenters. The second-order valence-corrected chi connectivity index (χ2v) is 6.27. The molecule has 0 heterocycles. The molecule has 7 nitrogen and oxygen atoms in total. The van der Waals surface area contributed by atoms with Gasteiger partial charge in [-0.2, -0.15) is 0 Å². The summed E-state index contributed by atoms with van der Waals surface area (Å²) in [6.07, 6.45) is 0.678. The van der Waals surface area contributed by atoms with Gasteiger partial charge in [-0.15, -0.1) is 0 Å². The van der Waals surface area contributed by atoms with Crippen LogP contribution >= 0.6 is 16.1 Å². The van der Waals surface area contributed by atoms with Gasteiger partial charge in [0.05, 0.1) is 12.6 Å². The Morgan fingerprint density at radius 1 is 1.05 bits per heavy atom. The molecule has 0 rings (SSSR count). The van der Waals surface area contributed by atoms with E-state index < -0.39 is 16.1 Å². The number of carbonyl (C=O) groups excluding carboxylic acids is 1.